The van der Waals surface area contributed by atoms with E-state index in [9.17, 15) is 0 Å². The van der Waals surface area contributed by atoms with Crippen molar-refractivity contribution in [3.8, 4) is 0 Å². The molecule has 0 heterocycles. The van der Waals surface area contributed by atoms with Gasteiger partial charge in [0.05, 0.1) is 6.26 Å². The van der Waals surface area contributed by atoms with Crippen LogP contribution in [0.25, 0.3) is 0 Å². The van der Waals surface area contributed by atoms with Gasteiger partial charge in [0.1, 0.15) is 0 Å². The van der Waals surface area contributed by atoms with Gasteiger partial charge < -0.3 is 8.85 Å². The summed E-state index contributed by atoms with van der Waals surface area (Å²) in [4.78, 5) is 0. The quantitative estimate of drug-likeness (QED) is 0.298. The normalized spacial score (nSPS) is 20.3. The van der Waals surface area contributed by atoms with Gasteiger partial charge in [0.15, 0.2) is 0 Å². The van der Waals surface area contributed by atoms with E-state index in [1.54, 1.807) is 0 Å². The Morgan fingerprint density at radius 1 is 1.14 bits per heavy atom. The number of unbranched alkanes of at least 4 members (excludes halogenated alkanes) is 1. The highest BCUT2D eigenvalue weighted by Crippen LogP contribution is 2.24. The van der Waals surface area contributed by atoms with Gasteiger partial charge in [-0.15, -0.1) is 0 Å². The first-order chi connectivity index (χ1) is 10.3. The van der Waals surface area contributed by atoms with E-state index in [1.165, 1.54) is 64.2 Å². The zero-order valence-corrected chi connectivity index (χ0v) is 15.6. The van der Waals surface area contributed by atoms with Crippen molar-refractivity contribution in [3.05, 3.63) is 12.3 Å². The molecule has 124 valence electrons. The summed E-state index contributed by atoms with van der Waals surface area (Å²) in [6, 6.07) is 1.15. The lowest BCUT2D eigenvalue weighted by atomic mass is 10.0. The van der Waals surface area contributed by atoms with E-state index in [4.69, 9.17) is 8.85 Å². The van der Waals surface area contributed by atoms with E-state index in [2.05, 4.69) is 19.9 Å². The highest BCUT2D eigenvalue weighted by atomic mass is 28.3. The number of hydrogen-bond donors (Lipinski definition) is 0. The second-order valence-corrected chi connectivity index (χ2v) is 8.61. The molecule has 2 unspecified atom stereocenters. The first kappa shape index (κ1) is 18.8. The molecule has 1 saturated carbocycles. The van der Waals surface area contributed by atoms with Crippen molar-refractivity contribution in [1.29, 1.82) is 0 Å². The maximum atomic E-state index is 5.98. The molecule has 1 fully saturated rings. The Bertz CT molecular complexity index is 260. The first-order valence-corrected chi connectivity index (χ1v) is 10.9. The molecule has 0 N–H and O–H groups in total. The predicted molar refractivity (Wildman–Crippen MR) is 93.7 cm³/mol. The molecule has 3 heteroatoms. The van der Waals surface area contributed by atoms with Gasteiger partial charge in [0.2, 0.25) is 0 Å². The predicted octanol–water partition coefficient (Wildman–Crippen LogP) is 5.57. The number of rotatable bonds is 10. The second kappa shape index (κ2) is 12.3. The summed E-state index contributed by atoms with van der Waals surface area (Å²) in [7, 11) is 0.321. The van der Waals surface area contributed by atoms with E-state index in [0.717, 1.165) is 17.9 Å². The van der Waals surface area contributed by atoms with Crippen LogP contribution in [0.15, 0.2) is 12.3 Å². The Labute approximate surface area is 134 Å². The van der Waals surface area contributed by atoms with Crippen LogP contribution in [0.1, 0.15) is 78.1 Å². The van der Waals surface area contributed by atoms with Gasteiger partial charge in [0.25, 0.3) is 0 Å². The Morgan fingerprint density at radius 3 is 2.43 bits per heavy atom. The van der Waals surface area contributed by atoms with Crippen molar-refractivity contribution in [2.75, 3.05) is 7.11 Å². The minimum Gasteiger partial charge on any atom is -0.529 e. The minimum absolute atomic E-state index is 0.737. The van der Waals surface area contributed by atoms with E-state index in [0.29, 0.717) is 0 Å². The number of allylic oxidation sites excluding steroid dienone is 1. The van der Waals surface area contributed by atoms with Gasteiger partial charge in [-0.1, -0.05) is 65.2 Å². The fraction of sp³-hybridized carbons (Fsp3) is 0.889. The maximum Gasteiger partial charge on any atom is 0.381 e. The molecule has 1 aliphatic carbocycles. The Balaban J connectivity index is 2.31. The van der Waals surface area contributed by atoms with Crippen LogP contribution < -0.4 is 0 Å². The van der Waals surface area contributed by atoms with E-state index in [-0.39, 0.29) is 0 Å². The van der Waals surface area contributed by atoms with Gasteiger partial charge in [-0.25, -0.2) is 0 Å². The lowest BCUT2D eigenvalue weighted by Crippen LogP contribution is -2.22. The molecule has 0 spiro atoms. The van der Waals surface area contributed by atoms with Crippen LogP contribution >= 0.6 is 0 Å². The third-order valence-corrected chi connectivity index (χ3v) is 6.85. The van der Waals surface area contributed by atoms with Gasteiger partial charge in [-0.3, -0.25) is 0 Å². The minimum atomic E-state index is -1.50. The van der Waals surface area contributed by atoms with E-state index in [1.807, 2.05) is 13.4 Å². The maximum absolute atomic E-state index is 5.98. The van der Waals surface area contributed by atoms with E-state index >= 15 is 0 Å². The molecule has 2 atom stereocenters. The van der Waals surface area contributed by atoms with Crippen LogP contribution in [0.5, 0.6) is 0 Å². The zero-order chi connectivity index (χ0) is 15.3. The Kier molecular flexibility index (Phi) is 11.0. The molecule has 21 heavy (non-hydrogen) atoms. The topological polar surface area (TPSA) is 18.5 Å². The molecule has 0 aliphatic heterocycles. The van der Waals surface area contributed by atoms with Crippen molar-refractivity contribution in [2.24, 2.45) is 11.8 Å². The van der Waals surface area contributed by atoms with Crippen molar-refractivity contribution < 1.29 is 8.85 Å². The van der Waals surface area contributed by atoms with Crippen molar-refractivity contribution in [2.45, 2.75) is 84.1 Å². The molecule has 0 aromatic rings. The van der Waals surface area contributed by atoms with Crippen LogP contribution in [-0.4, -0.2) is 16.4 Å². The van der Waals surface area contributed by atoms with Gasteiger partial charge >= 0.3 is 9.28 Å². The average Bonchev–Trinajstić information content (AvgIpc) is 2.78. The lowest BCUT2D eigenvalue weighted by Gasteiger charge is -2.19. The van der Waals surface area contributed by atoms with Crippen molar-refractivity contribution in [3.63, 3.8) is 0 Å². The van der Waals surface area contributed by atoms with Gasteiger partial charge in [0, 0.05) is 13.2 Å². The molecular formula is C18H36O2Si. The van der Waals surface area contributed by atoms with Crippen LogP contribution in [0, 0.1) is 11.8 Å². The van der Waals surface area contributed by atoms with Crippen molar-refractivity contribution >= 4 is 9.28 Å². The smallest absolute Gasteiger partial charge is 0.381 e. The second-order valence-electron chi connectivity index (χ2n) is 6.53. The Hall–Kier alpha value is -0.283. The monoisotopic (exact) mass is 312 g/mol. The summed E-state index contributed by atoms with van der Waals surface area (Å²) >= 11 is 0. The molecule has 1 aliphatic rings. The molecule has 0 bridgehead atoms. The van der Waals surface area contributed by atoms with Crippen LogP contribution in [0.2, 0.25) is 6.04 Å². The zero-order valence-electron chi connectivity index (χ0n) is 14.5. The fourth-order valence-electron chi connectivity index (χ4n) is 3.21. The third-order valence-electron chi connectivity index (χ3n) is 4.81. The van der Waals surface area contributed by atoms with Crippen LogP contribution in [0.3, 0.4) is 0 Å². The van der Waals surface area contributed by atoms with Crippen molar-refractivity contribution in [1.82, 2.24) is 0 Å². The summed E-state index contributed by atoms with van der Waals surface area (Å²) in [5.74, 6) is 1.52. The molecule has 0 aromatic carbocycles. The molecule has 0 aromatic heterocycles. The fourth-order valence-corrected chi connectivity index (χ4v) is 5.00. The van der Waals surface area contributed by atoms with Gasteiger partial charge in [-0.2, -0.15) is 0 Å². The summed E-state index contributed by atoms with van der Waals surface area (Å²) in [5, 5.41) is 0. The summed E-state index contributed by atoms with van der Waals surface area (Å²) in [6.45, 7) is 4.56. The summed E-state index contributed by atoms with van der Waals surface area (Å²) in [6.07, 6.45) is 17.8. The molecule has 0 radical (unpaired) electrons. The molecule has 0 saturated heterocycles. The van der Waals surface area contributed by atoms with Crippen LogP contribution in [-0.2, 0) is 8.85 Å². The molecule has 0 amide bonds. The first-order valence-electron chi connectivity index (χ1n) is 9.15. The summed E-state index contributed by atoms with van der Waals surface area (Å²) < 4.78 is 11.6. The number of hydrogen-bond acceptors (Lipinski definition) is 2. The summed E-state index contributed by atoms with van der Waals surface area (Å²) in [5.41, 5.74) is 0. The van der Waals surface area contributed by atoms with E-state index < -0.39 is 9.28 Å². The lowest BCUT2D eigenvalue weighted by molar-refractivity contribution is 0.290. The highest BCUT2D eigenvalue weighted by Gasteiger charge is 2.18. The van der Waals surface area contributed by atoms with Gasteiger partial charge in [-0.05, 0) is 30.8 Å². The largest absolute Gasteiger partial charge is 0.529 e. The molecule has 1 rings (SSSR count). The average molecular weight is 313 g/mol. The van der Waals surface area contributed by atoms with Crippen LogP contribution in [0.4, 0.5) is 0 Å². The third kappa shape index (κ3) is 8.67. The Morgan fingerprint density at radius 2 is 1.86 bits per heavy atom. The SMILES string of the molecule is CCCCC(CC)C[SiH](OC)OC=CC1CCCCCC1. The molecular weight excluding hydrogens is 276 g/mol. The highest BCUT2D eigenvalue weighted by molar-refractivity contribution is 6.44. The standard InChI is InChI=1S/C18H36O2Si/c1-4-6-11-17(5-2)16-21(19-3)20-15-14-18-12-9-7-8-10-13-18/h14-15,17-18,21H,4-13,16H2,1-3H3. The molecule has 2 nitrogen and oxygen atoms in total.